The predicted molar refractivity (Wildman–Crippen MR) is 411 cm³/mol. The average Bonchev–Trinajstić information content (AvgIpc) is 0.689. The first-order chi connectivity index (χ1) is 47.3. The lowest BCUT2D eigenvalue weighted by Gasteiger charge is -2.49. The van der Waals surface area contributed by atoms with Gasteiger partial charge in [-0.1, -0.05) is 262 Å². The monoisotopic (exact) mass is 1260 g/mol. The molecule has 2 atom stereocenters. The van der Waals surface area contributed by atoms with Gasteiger partial charge in [0.15, 0.2) is 0 Å². The first kappa shape index (κ1) is 58.0. The highest BCUT2D eigenvalue weighted by Crippen LogP contribution is 2.56. The molecule has 0 N–H and O–H groups in total. The lowest BCUT2D eigenvalue weighted by molar-refractivity contribution is 0.590. The van der Waals surface area contributed by atoms with Crippen LogP contribution in [0.15, 0.2) is 360 Å². The van der Waals surface area contributed by atoms with E-state index in [2.05, 4.69) is 386 Å². The molecule has 0 saturated carbocycles. The van der Waals surface area contributed by atoms with Crippen molar-refractivity contribution in [1.82, 2.24) is 0 Å². The maximum absolute atomic E-state index is 2.77. The lowest BCUT2D eigenvalue weighted by atomic mass is 9.28. The van der Waals surface area contributed by atoms with Crippen molar-refractivity contribution >= 4 is 121 Å². The van der Waals surface area contributed by atoms with E-state index in [1.54, 1.807) is 0 Å². The normalized spacial score (nSPS) is 15.4. The number of allylic oxidation sites excluding steroid dienone is 2. The van der Waals surface area contributed by atoms with Gasteiger partial charge in [0.1, 0.15) is 0 Å². The molecular weight excluding hydrogens is 1200 g/mol. The molecule has 2 unspecified atom stereocenters. The van der Waals surface area contributed by atoms with Gasteiger partial charge in [0.25, 0.3) is 6.71 Å². The molecule has 4 heterocycles. The zero-order chi connectivity index (χ0) is 64.0. The van der Waals surface area contributed by atoms with Gasteiger partial charge in [-0.15, -0.1) is 11.8 Å². The summed E-state index contributed by atoms with van der Waals surface area (Å²) >= 11 is 3.99. The zero-order valence-corrected chi connectivity index (χ0v) is 55.3. The Hall–Kier alpha value is -10.6. The number of hydrogen-bond donors (Lipinski definition) is 0. The van der Waals surface area contributed by atoms with Gasteiger partial charge < -0.3 is 19.6 Å². The second-order valence-electron chi connectivity index (χ2n) is 26.7. The molecule has 1 aliphatic carbocycles. The summed E-state index contributed by atoms with van der Waals surface area (Å²) in [4.78, 5) is 14.1. The standard InChI is InChI=1S/C88H66B2N4S2/c1-88(2,3)64-48-44-62(45-49-64)72-38-19-22-41-77(72)94-79-58-83-76(57-75(79)89-73-39-20-23-42-78(73)93(67-35-17-8-18-36-67)80-53-70(54-81(94)86(80)89)91(65-31-13-6-14-32-65)66-33-15-7-16-34-66)90-74-40-21-24-43-82(74)95-84-55-71(56-85(96-83)87(84)90)92(68-50-46-61(47-51-68)59-26-9-4-10-27-59)69-37-25-30-63(52-69)60-28-11-5-12-29-60/h4-58,76,83H,1-3H3. The van der Waals surface area contributed by atoms with E-state index in [-0.39, 0.29) is 29.9 Å². The van der Waals surface area contributed by atoms with Crippen LogP contribution in [0.25, 0.3) is 33.4 Å². The molecule has 5 aliphatic rings. The van der Waals surface area contributed by atoms with Crippen molar-refractivity contribution in [2.75, 3.05) is 19.6 Å². The number of para-hydroxylation sites is 5. The Bertz CT molecular complexity index is 5150. The molecule has 0 saturated heterocycles. The van der Waals surface area contributed by atoms with Crippen molar-refractivity contribution in [2.45, 2.75) is 51.9 Å². The summed E-state index contributed by atoms with van der Waals surface area (Å²) in [6.45, 7) is 6.90. The van der Waals surface area contributed by atoms with Crippen molar-refractivity contribution in [3.63, 3.8) is 0 Å². The third-order valence-corrected chi connectivity index (χ3v) is 22.5. The summed E-state index contributed by atoms with van der Waals surface area (Å²) in [7, 11) is 0. The first-order valence-electron chi connectivity index (χ1n) is 33.4. The van der Waals surface area contributed by atoms with Crippen molar-refractivity contribution in [1.29, 1.82) is 0 Å². The van der Waals surface area contributed by atoms with Crippen molar-refractivity contribution < 1.29 is 0 Å². The average molecular weight is 1270 g/mol. The van der Waals surface area contributed by atoms with Gasteiger partial charge >= 0.3 is 0 Å². The highest BCUT2D eigenvalue weighted by molar-refractivity contribution is 8.01. The molecule has 0 spiro atoms. The number of rotatable bonds is 11. The van der Waals surface area contributed by atoms with Crippen LogP contribution in [0.5, 0.6) is 0 Å². The third-order valence-electron chi connectivity index (χ3n) is 20.0. The van der Waals surface area contributed by atoms with Crippen LogP contribution in [0.3, 0.4) is 0 Å². The SMILES string of the molecule is CC(C)(C)c1ccc(-c2ccccc2N2C3=CC4Sc5cc(N(c6ccc(-c7ccccc7)cc6)c6cccc(-c7ccccc7)c6)cc6c5B(c5ccccc5S6)C4C=C3B3c4ccccc4N(c4ccccc4)c4cc(N(c5ccccc5)c5ccccc5)cc2c43)cc1. The van der Waals surface area contributed by atoms with E-state index in [9.17, 15) is 0 Å². The molecular formula is C88H66B2N4S2. The van der Waals surface area contributed by atoms with Gasteiger partial charge in [-0.3, -0.25) is 0 Å². The maximum Gasteiger partial charge on any atom is 0.251 e. The van der Waals surface area contributed by atoms with Gasteiger partial charge in [-0.25, -0.2) is 0 Å². The summed E-state index contributed by atoms with van der Waals surface area (Å²) < 4.78 is 0. The molecule has 18 rings (SSSR count). The predicted octanol–water partition coefficient (Wildman–Crippen LogP) is 21.5. The Morgan fingerprint density at radius 1 is 0.354 bits per heavy atom. The molecule has 4 nitrogen and oxygen atoms in total. The van der Waals surface area contributed by atoms with Crippen LogP contribution in [0.1, 0.15) is 26.3 Å². The van der Waals surface area contributed by atoms with E-state index >= 15 is 0 Å². The highest BCUT2D eigenvalue weighted by atomic mass is 32.2. The number of thioether (sulfide) groups is 1. The van der Waals surface area contributed by atoms with E-state index in [1.165, 1.54) is 98.0 Å². The van der Waals surface area contributed by atoms with Crippen molar-refractivity contribution in [3.8, 4) is 33.4 Å². The number of anilines is 11. The molecule has 4 aliphatic heterocycles. The summed E-state index contributed by atoms with van der Waals surface area (Å²) in [6, 6.07) is 120. The minimum absolute atomic E-state index is 0.00208. The van der Waals surface area contributed by atoms with Gasteiger partial charge in [-0.05, 0) is 176 Å². The fourth-order valence-corrected chi connectivity index (χ4v) is 18.4. The van der Waals surface area contributed by atoms with Gasteiger partial charge in [-0.2, -0.15) is 0 Å². The number of benzene rings is 13. The van der Waals surface area contributed by atoms with Crippen LogP contribution < -0.4 is 41.5 Å². The van der Waals surface area contributed by atoms with Crippen molar-refractivity contribution in [2.24, 2.45) is 0 Å². The highest BCUT2D eigenvalue weighted by Gasteiger charge is 2.52. The molecule has 0 radical (unpaired) electrons. The number of nitrogens with zero attached hydrogens (tertiary/aromatic N) is 4. The lowest BCUT2D eigenvalue weighted by Crippen LogP contribution is -2.59. The van der Waals surface area contributed by atoms with Crippen LogP contribution in [-0.2, 0) is 5.41 Å². The molecule has 0 fully saturated rings. The quantitative estimate of drug-likeness (QED) is 0.119. The Labute approximate surface area is 572 Å². The Morgan fingerprint density at radius 3 is 1.55 bits per heavy atom. The molecule has 96 heavy (non-hydrogen) atoms. The summed E-state index contributed by atoms with van der Waals surface area (Å²) in [6.07, 6.45) is 5.48. The fourth-order valence-electron chi connectivity index (χ4n) is 15.6. The van der Waals surface area contributed by atoms with E-state index in [0.29, 0.717) is 0 Å². The van der Waals surface area contributed by atoms with Gasteiger partial charge in [0, 0.05) is 82.4 Å². The molecule has 0 amide bonds. The van der Waals surface area contributed by atoms with Crippen LogP contribution in [0.4, 0.5) is 62.6 Å². The summed E-state index contributed by atoms with van der Waals surface area (Å²) in [5.41, 5.74) is 28.8. The van der Waals surface area contributed by atoms with Crippen LogP contribution in [-0.4, -0.2) is 18.7 Å². The largest absolute Gasteiger partial charge is 0.311 e. The topological polar surface area (TPSA) is 13.0 Å². The van der Waals surface area contributed by atoms with Gasteiger partial charge in [0.05, 0.1) is 11.4 Å². The Kier molecular flexibility index (Phi) is 14.3. The van der Waals surface area contributed by atoms with E-state index in [1.807, 2.05) is 11.8 Å². The maximum atomic E-state index is 2.77. The van der Waals surface area contributed by atoms with Gasteiger partial charge in [0.2, 0.25) is 6.71 Å². The molecule has 456 valence electrons. The molecule has 0 bridgehead atoms. The van der Waals surface area contributed by atoms with E-state index in [0.717, 1.165) is 51.2 Å². The van der Waals surface area contributed by atoms with Crippen LogP contribution in [0.2, 0.25) is 5.82 Å². The fraction of sp³-hybridized carbons (Fsp3) is 0.0682. The van der Waals surface area contributed by atoms with Crippen molar-refractivity contribution in [3.05, 3.63) is 350 Å². The minimum Gasteiger partial charge on any atom is -0.311 e. The third kappa shape index (κ3) is 9.96. The molecule has 13 aromatic carbocycles. The first-order valence-corrected chi connectivity index (χ1v) is 35.1. The number of hydrogen-bond acceptors (Lipinski definition) is 6. The molecule has 8 heteroatoms. The number of fused-ring (bicyclic) bond motifs is 8. The molecule has 0 aromatic heterocycles. The Balaban J connectivity index is 0.882. The zero-order valence-electron chi connectivity index (χ0n) is 53.7. The van der Waals surface area contributed by atoms with Crippen LogP contribution in [0, 0.1) is 0 Å². The van der Waals surface area contributed by atoms with E-state index in [4.69, 9.17) is 0 Å². The smallest absolute Gasteiger partial charge is 0.251 e. The summed E-state index contributed by atoms with van der Waals surface area (Å²) in [5, 5.41) is 0.0512. The van der Waals surface area contributed by atoms with Crippen LogP contribution >= 0.6 is 23.5 Å². The Morgan fingerprint density at radius 2 is 0.865 bits per heavy atom. The second-order valence-corrected chi connectivity index (χ2v) is 29.0. The molecule has 13 aromatic rings. The minimum atomic E-state index is -0.0984. The summed E-state index contributed by atoms with van der Waals surface area (Å²) in [5.74, 6) is 0.120. The van der Waals surface area contributed by atoms with E-state index < -0.39 is 0 Å². The second kappa shape index (κ2) is 23.7.